The molecule has 18 heavy (non-hydrogen) atoms. The molecule has 0 aliphatic heterocycles. The lowest BCUT2D eigenvalue weighted by molar-refractivity contribution is 0.398. The van der Waals surface area contributed by atoms with E-state index in [1.54, 1.807) is 6.08 Å². The number of hydrogen-bond donors (Lipinski definition) is 1. The van der Waals surface area contributed by atoms with Crippen molar-refractivity contribution in [3.63, 3.8) is 0 Å². The molecule has 0 radical (unpaired) electrons. The Kier molecular flexibility index (Phi) is 3.77. The van der Waals surface area contributed by atoms with Crippen LogP contribution in [0.25, 0.3) is 12.2 Å². The van der Waals surface area contributed by atoms with Crippen molar-refractivity contribution in [3.8, 4) is 0 Å². The zero-order valence-electron chi connectivity index (χ0n) is 10.6. The Morgan fingerprint density at radius 2 is 2.22 bits per heavy atom. The second-order valence-corrected chi connectivity index (χ2v) is 4.30. The molecule has 1 heterocycles. The molecular formula is C14H17N3O. The summed E-state index contributed by atoms with van der Waals surface area (Å²) in [5.41, 5.74) is 7.46. The summed E-state index contributed by atoms with van der Waals surface area (Å²) in [6.45, 7) is 4.18. The standard InChI is InChI=1S/C14H17N3O/c1-3-10(2)14-16-13(18-17-14)8-7-11-5-4-6-12(15)9-11/h4-10H,3,15H2,1-2H3/b8-7+. The van der Waals surface area contributed by atoms with Gasteiger partial charge in [-0.15, -0.1) is 0 Å². The average Bonchev–Trinajstić information content (AvgIpc) is 2.84. The largest absolute Gasteiger partial charge is 0.399 e. The molecule has 0 bridgehead atoms. The van der Waals surface area contributed by atoms with E-state index in [1.807, 2.05) is 30.3 Å². The van der Waals surface area contributed by atoms with Crippen molar-refractivity contribution in [2.24, 2.45) is 0 Å². The maximum atomic E-state index is 5.70. The van der Waals surface area contributed by atoms with Crippen molar-refractivity contribution in [2.45, 2.75) is 26.2 Å². The molecule has 0 saturated heterocycles. The van der Waals surface area contributed by atoms with Crippen molar-refractivity contribution < 1.29 is 4.52 Å². The lowest BCUT2D eigenvalue weighted by atomic mass is 10.1. The smallest absolute Gasteiger partial charge is 0.250 e. The molecule has 0 amide bonds. The van der Waals surface area contributed by atoms with E-state index in [-0.39, 0.29) is 0 Å². The number of nitrogens with two attached hydrogens (primary N) is 1. The van der Waals surface area contributed by atoms with Gasteiger partial charge in [-0.25, -0.2) is 0 Å². The highest BCUT2D eigenvalue weighted by atomic mass is 16.5. The van der Waals surface area contributed by atoms with Crippen LogP contribution in [0.2, 0.25) is 0 Å². The van der Waals surface area contributed by atoms with Crippen LogP contribution in [-0.4, -0.2) is 10.1 Å². The first-order chi connectivity index (χ1) is 8.69. The summed E-state index contributed by atoms with van der Waals surface area (Å²) in [4.78, 5) is 4.32. The second kappa shape index (κ2) is 5.49. The third-order valence-electron chi connectivity index (χ3n) is 2.84. The molecule has 2 rings (SSSR count). The normalized spacial score (nSPS) is 13.0. The predicted molar refractivity (Wildman–Crippen MR) is 72.8 cm³/mol. The first-order valence-corrected chi connectivity index (χ1v) is 6.06. The maximum absolute atomic E-state index is 5.70. The third-order valence-corrected chi connectivity index (χ3v) is 2.84. The fourth-order valence-electron chi connectivity index (χ4n) is 1.53. The van der Waals surface area contributed by atoms with Crippen molar-refractivity contribution in [1.29, 1.82) is 0 Å². The first kappa shape index (κ1) is 12.4. The van der Waals surface area contributed by atoms with E-state index in [2.05, 4.69) is 24.0 Å². The van der Waals surface area contributed by atoms with Gasteiger partial charge in [0.2, 0.25) is 0 Å². The molecule has 94 valence electrons. The molecule has 0 spiro atoms. The minimum absolute atomic E-state index is 0.322. The number of rotatable bonds is 4. The Morgan fingerprint density at radius 3 is 2.94 bits per heavy atom. The SMILES string of the molecule is CCC(C)c1noc(/C=C/c2cccc(N)c2)n1. The summed E-state index contributed by atoms with van der Waals surface area (Å²) in [6.07, 6.45) is 4.70. The number of anilines is 1. The van der Waals surface area contributed by atoms with Crippen molar-refractivity contribution in [2.75, 3.05) is 5.73 Å². The van der Waals surface area contributed by atoms with Gasteiger partial charge in [0.15, 0.2) is 5.82 Å². The molecule has 1 atom stereocenters. The molecule has 0 fully saturated rings. The molecule has 0 aliphatic rings. The molecule has 2 N–H and O–H groups in total. The van der Waals surface area contributed by atoms with E-state index < -0.39 is 0 Å². The van der Waals surface area contributed by atoms with Gasteiger partial charge >= 0.3 is 0 Å². The van der Waals surface area contributed by atoms with Crippen LogP contribution < -0.4 is 5.73 Å². The van der Waals surface area contributed by atoms with Crippen LogP contribution in [0.1, 0.15) is 43.5 Å². The molecule has 1 aromatic heterocycles. The number of nitrogen functional groups attached to an aromatic ring is 1. The molecule has 1 unspecified atom stereocenters. The molecule has 0 saturated carbocycles. The van der Waals surface area contributed by atoms with Gasteiger partial charge in [0, 0.05) is 17.7 Å². The van der Waals surface area contributed by atoms with Crippen LogP contribution in [0.5, 0.6) is 0 Å². The van der Waals surface area contributed by atoms with E-state index >= 15 is 0 Å². The van der Waals surface area contributed by atoms with Gasteiger partial charge in [-0.05, 0) is 30.2 Å². The van der Waals surface area contributed by atoms with E-state index in [4.69, 9.17) is 10.3 Å². The molecule has 4 nitrogen and oxygen atoms in total. The summed E-state index contributed by atoms with van der Waals surface area (Å²) < 4.78 is 5.16. The Balaban J connectivity index is 2.12. The highest BCUT2D eigenvalue weighted by Gasteiger charge is 2.09. The maximum Gasteiger partial charge on any atom is 0.250 e. The van der Waals surface area contributed by atoms with Crippen LogP contribution in [0.3, 0.4) is 0 Å². The predicted octanol–water partition coefficient (Wildman–Crippen LogP) is 3.34. The summed E-state index contributed by atoms with van der Waals surface area (Å²) in [5, 5.41) is 3.95. The molecule has 1 aromatic carbocycles. The third kappa shape index (κ3) is 2.97. The molecular weight excluding hydrogens is 226 g/mol. The summed E-state index contributed by atoms with van der Waals surface area (Å²) in [6, 6.07) is 7.62. The van der Waals surface area contributed by atoms with Gasteiger partial charge in [0.1, 0.15) is 0 Å². The lowest BCUT2D eigenvalue weighted by Crippen LogP contribution is -1.93. The lowest BCUT2D eigenvalue weighted by Gasteiger charge is -1.98. The fourth-order valence-corrected chi connectivity index (χ4v) is 1.53. The summed E-state index contributed by atoms with van der Waals surface area (Å²) in [5.74, 6) is 1.60. The van der Waals surface area contributed by atoms with Crippen LogP contribution >= 0.6 is 0 Å². The van der Waals surface area contributed by atoms with Crippen molar-refractivity contribution in [1.82, 2.24) is 10.1 Å². The zero-order chi connectivity index (χ0) is 13.0. The number of benzene rings is 1. The summed E-state index contributed by atoms with van der Waals surface area (Å²) >= 11 is 0. The number of nitrogens with zero attached hydrogens (tertiary/aromatic N) is 2. The summed E-state index contributed by atoms with van der Waals surface area (Å²) in [7, 11) is 0. The monoisotopic (exact) mass is 243 g/mol. The second-order valence-electron chi connectivity index (χ2n) is 4.30. The Morgan fingerprint density at radius 1 is 1.39 bits per heavy atom. The van der Waals surface area contributed by atoms with Gasteiger partial charge in [-0.3, -0.25) is 0 Å². The van der Waals surface area contributed by atoms with Crippen LogP contribution in [0.4, 0.5) is 5.69 Å². The van der Waals surface area contributed by atoms with Gasteiger partial charge in [0.25, 0.3) is 5.89 Å². The highest BCUT2D eigenvalue weighted by molar-refractivity contribution is 5.67. The Bertz CT molecular complexity index is 545. The molecule has 4 heteroatoms. The Hall–Kier alpha value is -2.10. The minimum Gasteiger partial charge on any atom is -0.399 e. The van der Waals surface area contributed by atoms with E-state index in [1.165, 1.54) is 0 Å². The number of hydrogen-bond acceptors (Lipinski definition) is 4. The Labute approximate surface area is 107 Å². The zero-order valence-corrected chi connectivity index (χ0v) is 10.6. The van der Waals surface area contributed by atoms with Gasteiger partial charge in [-0.1, -0.05) is 31.1 Å². The van der Waals surface area contributed by atoms with Gasteiger partial charge in [0.05, 0.1) is 0 Å². The highest BCUT2D eigenvalue weighted by Crippen LogP contribution is 2.16. The molecule has 0 aliphatic carbocycles. The topological polar surface area (TPSA) is 64.9 Å². The van der Waals surface area contributed by atoms with E-state index in [0.29, 0.717) is 11.8 Å². The fraction of sp³-hybridized carbons (Fsp3) is 0.286. The van der Waals surface area contributed by atoms with Crippen LogP contribution in [0.15, 0.2) is 28.8 Å². The van der Waals surface area contributed by atoms with Crippen molar-refractivity contribution in [3.05, 3.63) is 41.5 Å². The van der Waals surface area contributed by atoms with Crippen LogP contribution in [0, 0.1) is 0 Å². The quantitative estimate of drug-likeness (QED) is 0.836. The first-order valence-electron chi connectivity index (χ1n) is 6.06. The number of aromatic nitrogens is 2. The van der Waals surface area contributed by atoms with E-state index in [0.717, 1.165) is 23.5 Å². The van der Waals surface area contributed by atoms with Gasteiger partial charge < -0.3 is 10.3 Å². The van der Waals surface area contributed by atoms with Crippen LogP contribution in [-0.2, 0) is 0 Å². The van der Waals surface area contributed by atoms with Crippen molar-refractivity contribution >= 4 is 17.8 Å². The van der Waals surface area contributed by atoms with Gasteiger partial charge in [-0.2, -0.15) is 4.98 Å². The average molecular weight is 243 g/mol. The minimum atomic E-state index is 0.322. The molecule has 2 aromatic rings. The van der Waals surface area contributed by atoms with E-state index in [9.17, 15) is 0 Å².